The molecular formula is C18H26N2O4. The van der Waals surface area contributed by atoms with Crippen molar-refractivity contribution in [2.45, 2.75) is 45.1 Å². The molecule has 0 radical (unpaired) electrons. The summed E-state index contributed by atoms with van der Waals surface area (Å²) in [7, 11) is 1.55. The lowest BCUT2D eigenvalue weighted by molar-refractivity contribution is 0.0204. The van der Waals surface area contributed by atoms with Gasteiger partial charge < -0.3 is 20.1 Å². The van der Waals surface area contributed by atoms with E-state index < -0.39 is 11.5 Å². The first-order valence-electron chi connectivity index (χ1n) is 8.17. The predicted molar refractivity (Wildman–Crippen MR) is 91.3 cm³/mol. The third kappa shape index (κ3) is 4.40. The molecule has 1 heterocycles. The number of methoxy groups -OCH3 is 1. The number of nitrogens with two attached hydrogens (primary N) is 1. The lowest BCUT2D eigenvalue weighted by Gasteiger charge is -2.34. The van der Waals surface area contributed by atoms with Gasteiger partial charge >= 0.3 is 6.09 Å². The van der Waals surface area contributed by atoms with Crippen molar-refractivity contribution in [2.24, 2.45) is 5.73 Å². The van der Waals surface area contributed by atoms with Crippen LogP contribution in [-0.2, 0) is 4.74 Å². The number of piperidine rings is 1. The Morgan fingerprint density at radius 2 is 1.83 bits per heavy atom. The molecule has 1 aliphatic rings. The minimum absolute atomic E-state index is 0.192. The fourth-order valence-corrected chi connectivity index (χ4v) is 2.93. The van der Waals surface area contributed by atoms with Crippen LogP contribution in [0.15, 0.2) is 18.2 Å². The molecule has 0 unspecified atom stereocenters. The zero-order valence-corrected chi connectivity index (χ0v) is 14.8. The maximum absolute atomic E-state index is 12.1. The minimum Gasteiger partial charge on any atom is -0.497 e. The van der Waals surface area contributed by atoms with Crippen molar-refractivity contribution in [2.75, 3.05) is 20.2 Å². The van der Waals surface area contributed by atoms with Crippen LogP contribution in [0.5, 0.6) is 5.75 Å². The summed E-state index contributed by atoms with van der Waals surface area (Å²) < 4.78 is 10.6. The molecule has 2 amide bonds. The molecule has 1 aromatic rings. The first kappa shape index (κ1) is 18.1. The molecule has 0 aromatic heterocycles. The fourth-order valence-electron chi connectivity index (χ4n) is 2.93. The summed E-state index contributed by atoms with van der Waals surface area (Å²) in [4.78, 5) is 25.6. The summed E-state index contributed by atoms with van der Waals surface area (Å²) in [5.41, 5.74) is 6.43. The molecule has 24 heavy (non-hydrogen) atoms. The van der Waals surface area contributed by atoms with Crippen LogP contribution in [0.2, 0.25) is 0 Å². The van der Waals surface area contributed by atoms with Gasteiger partial charge in [0.05, 0.1) is 7.11 Å². The summed E-state index contributed by atoms with van der Waals surface area (Å²) in [6, 6.07) is 5.41. The second-order valence-corrected chi connectivity index (χ2v) is 7.06. The summed E-state index contributed by atoms with van der Waals surface area (Å²) in [6.45, 7) is 6.77. The summed E-state index contributed by atoms with van der Waals surface area (Å²) in [6.07, 6.45) is 1.25. The van der Waals surface area contributed by atoms with E-state index in [4.69, 9.17) is 15.2 Å². The molecule has 0 aliphatic carbocycles. The van der Waals surface area contributed by atoms with E-state index in [9.17, 15) is 9.59 Å². The van der Waals surface area contributed by atoms with Gasteiger partial charge in [-0.15, -0.1) is 0 Å². The average molecular weight is 334 g/mol. The fraction of sp³-hybridized carbons (Fsp3) is 0.556. The van der Waals surface area contributed by atoms with Gasteiger partial charge in [0.2, 0.25) is 5.91 Å². The van der Waals surface area contributed by atoms with E-state index in [1.54, 1.807) is 18.1 Å². The third-order valence-corrected chi connectivity index (χ3v) is 4.11. The highest BCUT2D eigenvalue weighted by molar-refractivity contribution is 5.95. The van der Waals surface area contributed by atoms with Gasteiger partial charge in [-0.05, 0) is 57.2 Å². The maximum atomic E-state index is 12.1. The van der Waals surface area contributed by atoms with Crippen LogP contribution in [-0.4, -0.2) is 42.7 Å². The summed E-state index contributed by atoms with van der Waals surface area (Å²) in [5.74, 6) is 0.342. The van der Waals surface area contributed by atoms with Gasteiger partial charge in [-0.1, -0.05) is 6.07 Å². The van der Waals surface area contributed by atoms with Crippen molar-refractivity contribution in [3.05, 3.63) is 29.3 Å². The SMILES string of the molecule is COc1ccc(C2CCN(C(=O)OC(C)(C)C)CC2)c(C(N)=O)c1. The number of nitrogens with zero attached hydrogens (tertiary/aromatic N) is 1. The second kappa shape index (κ2) is 7.11. The van der Waals surface area contributed by atoms with Gasteiger partial charge in [0, 0.05) is 18.7 Å². The molecular weight excluding hydrogens is 308 g/mol. The Balaban J connectivity index is 2.07. The lowest BCUT2D eigenvalue weighted by Crippen LogP contribution is -2.41. The summed E-state index contributed by atoms with van der Waals surface area (Å²) in [5, 5.41) is 0. The number of rotatable bonds is 3. The van der Waals surface area contributed by atoms with Crippen molar-refractivity contribution in [1.29, 1.82) is 0 Å². The van der Waals surface area contributed by atoms with Gasteiger partial charge in [0.25, 0.3) is 0 Å². The van der Waals surface area contributed by atoms with Gasteiger partial charge in [0.15, 0.2) is 0 Å². The van der Waals surface area contributed by atoms with E-state index >= 15 is 0 Å². The standard InChI is InChI=1S/C18H26N2O4/c1-18(2,3)24-17(22)20-9-7-12(8-10-20)14-6-5-13(23-4)11-15(14)16(19)21/h5-6,11-12H,7-10H2,1-4H3,(H2,19,21). The number of carbonyl (C=O) groups excluding carboxylic acids is 2. The van der Waals surface area contributed by atoms with E-state index in [-0.39, 0.29) is 12.0 Å². The first-order chi connectivity index (χ1) is 11.2. The van der Waals surface area contributed by atoms with Crippen LogP contribution >= 0.6 is 0 Å². The van der Waals surface area contributed by atoms with Gasteiger partial charge in [-0.2, -0.15) is 0 Å². The minimum atomic E-state index is -0.497. The van der Waals surface area contributed by atoms with Crippen molar-refractivity contribution in [3.63, 3.8) is 0 Å². The van der Waals surface area contributed by atoms with Crippen LogP contribution in [0.3, 0.4) is 0 Å². The maximum Gasteiger partial charge on any atom is 0.410 e. The smallest absolute Gasteiger partial charge is 0.410 e. The molecule has 1 saturated heterocycles. The average Bonchev–Trinajstić information content (AvgIpc) is 2.52. The van der Waals surface area contributed by atoms with Crippen molar-refractivity contribution >= 4 is 12.0 Å². The van der Waals surface area contributed by atoms with Gasteiger partial charge in [-0.25, -0.2) is 4.79 Å². The normalized spacial score (nSPS) is 15.9. The topological polar surface area (TPSA) is 81.9 Å². The third-order valence-electron chi connectivity index (χ3n) is 4.11. The molecule has 0 saturated carbocycles. The van der Waals surface area contributed by atoms with Crippen LogP contribution < -0.4 is 10.5 Å². The Hall–Kier alpha value is -2.24. The van der Waals surface area contributed by atoms with Gasteiger partial charge in [-0.3, -0.25) is 4.79 Å². The number of primary amides is 1. The van der Waals surface area contributed by atoms with E-state index in [1.165, 1.54) is 0 Å². The predicted octanol–water partition coefficient (Wildman–Crippen LogP) is 2.91. The Morgan fingerprint density at radius 3 is 2.33 bits per heavy atom. The largest absolute Gasteiger partial charge is 0.497 e. The highest BCUT2D eigenvalue weighted by Crippen LogP contribution is 2.32. The monoisotopic (exact) mass is 334 g/mol. The lowest BCUT2D eigenvalue weighted by atomic mass is 9.86. The molecule has 6 heteroatoms. The van der Waals surface area contributed by atoms with Crippen molar-refractivity contribution in [3.8, 4) is 5.75 Å². The first-order valence-corrected chi connectivity index (χ1v) is 8.17. The number of likely N-dealkylation sites (tertiary alicyclic amines) is 1. The quantitative estimate of drug-likeness (QED) is 0.921. The molecule has 0 atom stereocenters. The number of carbonyl (C=O) groups is 2. The molecule has 1 fully saturated rings. The van der Waals surface area contributed by atoms with Crippen LogP contribution in [0.1, 0.15) is 55.5 Å². The molecule has 1 aromatic carbocycles. The van der Waals surface area contributed by atoms with Crippen molar-refractivity contribution < 1.29 is 19.1 Å². The van der Waals surface area contributed by atoms with Crippen LogP contribution in [0.25, 0.3) is 0 Å². The Bertz CT molecular complexity index is 614. The molecule has 6 nitrogen and oxygen atoms in total. The number of hydrogen-bond acceptors (Lipinski definition) is 4. The van der Waals surface area contributed by atoms with Gasteiger partial charge in [0.1, 0.15) is 11.4 Å². The number of ether oxygens (including phenoxy) is 2. The number of amides is 2. The van der Waals surface area contributed by atoms with E-state index in [0.29, 0.717) is 24.4 Å². The molecule has 132 valence electrons. The van der Waals surface area contributed by atoms with Crippen molar-refractivity contribution in [1.82, 2.24) is 4.90 Å². The molecule has 2 rings (SSSR count). The Labute approximate surface area is 142 Å². The second-order valence-electron chi connectivity index (χ2n) is 7.06. The van der Waals surface area contributed by atoms with E-state index in [0.717, 1.165) is 18.4 Å². The number of hydrogen-bond donors (Lipinski definition) is 1. The molecule has 2 N–H and O–H groups in total. The van der Waals surface area contributed by atoms with Crippen LogP contribution in [0, 0.1) is 0 Å². The highest BCUT2D eigenvalue weighted by Gasteiger charge is 2.29. The number of benzene rings is 1. The molecule has 0 bridgehead atoms. The zero-order chi connectivity index (χ0) is 17.9. The van der Waals surface area contributed by atoms with Crippen LogP contribution in [0.4, 0.5) is 4.79 Å². The highest BCUT2D eigenvalue weighted by atomic mass is 16.6. The molecule has 1 aliphatic heterocycles. The molecule has 0 spiro atoms. The zero-order valence-electron chi connectivity index (χ0n) is 14.8. The van der Waals surface area contributed by atoms with E-state index in [1.807, 2.05) is 32.9 Å². The Kier molecular flexibility index (Phi) is 5.36. The van der Waals surface area contributed by atoms with E-state index in [2.05, 4.69) is 0 Å². The Morgan fingerprint density at radius 1 is 1.21 bits per heavy atom. The summed E-state index contributed by atoms with van der Waals surface area (Å²) >= 11 is 0.